The van der Waals surface area contributed by atoms with Crippen LogP contribution in [0.4, 0.5) is 26.3 Å². The molecule has 2 unspecified atom stereocenters. The number of aromatic nitrogens is 8. The van der Waals surface area contributed by atoms with E-state index in [9.17, 15) is 45.0 Å². The van der Waals surface area contributed by atoms with E-state index in [-0.39, 0.29) is 32.6 Å². The van der Waals surface area contributed by atoms with Crippen molar-refractivity contribution in [1.82, 2.24) is 50.0 Å². The number of halogens is 6. The molecule has 62 heavy (non-hydrogen) atoms. The third-order valence-corrected chi connectivity index (χ3v) is 11.9. The van der Waals surface area contributed by atoms with Gasteiger partial charge in [0.05, 0.1) is 36.1 Å². The fourth-order valence-corrected chi connectivity index (χ4v) is 8.21. The standard InChI is InChI=1S/C21H22F3N5O3S.C20H20F3N5O/c1-33(31,32)28-11-10-20(30,13-28)14-29-26-19(25-27-29)18-5-3-2-4-16(18)12-15-6-8-17(9-7-15)21(22,23)24;21-20(22,23)16-7-5-14(6-8-16)11-15-3-1-2-4-17(15)18-25-27-28(26-18)13-19(29)9-10-24-12-19/h2-9,30H,10-14H2,1H3;1-8,24,29H,9-13H2. The fourth-order valence-electron chi connectivity index (χ4n) is 7.31. The van der Waals surface area contributed by atoms with Gasteiger partial charge in [-0.15, -0.1) is 20.4 Å². The minimum Gasteiger partial charge on any atom is -0.386 e. The van der Waals surface area contributed by atoms with Gasteiger partial charge >= 0.3 is 12.4 Å². The molecule has 0 amide bonds. The molecule has 2 aromatic heterocycles. The van der Waals surface area contributed by atoms with Crippen LogP contribution in [0.15, 0.2) is 97.1 Å². The topological polar surface area (TPSA) is 177 Å². The summed E-state index contributed by atoms with van der Waals surface area (Å²) in [6, 6.07) is 24.8. The van der Waals surface area contributed by atoms with Gasteiger partial charge in [-0.25, -0.2) is 8.42 Å². The zero-order valence-corrected chi connectivity index (χ0v) is 34.0. The lowest BCUT2D eigenvalue weighted by Crippen LogP contribution is -2.39. The summed E-state index contributed by atoms with van der Waals surface area (Å²) in [7, 11) is -3.40. The molecule has 6 aromatic rings. The summed E-state index contributed by atoms with van der Waals surface area (Å²) in [4.78, 5) is 2.62. The van der Waals surface area contributed by atoms with Gasteiger partial charge in [-0.2, -0.15) is 40.2 Å². The predicted octanol–water partition coefficient (Wildman–Crippen LogP) is 5.02. The van der Waals surface area contributed by atoms with Crippen molar-refractivity contribution in [2.75, 3.05) is 32.4 Å². The number of hydrogen-bond donors (Lipinski definition) is 3. The Morgan fingerprint density at radius 3 is 1.52 bits per heavy atom. The Morgan fingerprint density at radius 2 is 1.11 bits per heavy atom. The highest BCUT2D eigenvalue weighted by Crippen LogP contribution is 2.32. The van der Waals surface area contributed by atoms with Gasteiger partial charge in [0.25, 0.3) is 0 Å². The first-order valence-corrected chi connectivity index (χ1v) is 21.3. The van der Waals surface area contributed by atoms with Gasteiger partial charge in [0.1, 0.15) is 5.60 Å². The molecular formula is C41H42F6N10O4S. The average Bonchev–Trinajstić information content (AvgIpc) is 4.04. The van der Waals surface area contributed by atoms with E-state index in [0.29, 0.717) is 48.6 Å². The molecule has 328 valence electrons. The average molecular weight is 885 g/mol. The van der Waals surface area contributed by atoms with Gasteiger partial charge in [-0.3, -0.25) is 0 Å². The normalized spacial score (nSPS) is 19.7. The number of hydrogen-bond acceptors (Lipinski definition) is 11. The van der Waals surface area contributed by atoms with Crippen LogP contribution in [0, 0.1) is 0 Å². The van der Waals surface area contributed by atoms with Gasteiger partial charge in [-0.1, -0.05) is 72.8 Å². The van der Waals surface area contributed by atoms with E-state index in [1.54, 1.807) is 12.1 Å². The van der Waals surface area contributed by atoms with E-state index in [4.69, 9.17) is 0 Å². The first-order chi connectivity index (χ1) is 29.3. The quantitative estimate of drug-likeness (QED) is 0.149. The minimum atomic E-state index is -4.39. The van der Waals surface area contributed by atoms with Crippen molar-refractivity contribution in [3.05, 3.63) is 130 Å². The maximum absolute atomic E-state index is 12.8. The lowest BCUT2D eigenvalue weighted by molar-refractivity contribution is -0.138. The summed E-state index contributed by atoms with van der Waals surface area (Å²) in [5, 5.41) is 49.3. The zero-order valence-electron chi connectivity index (χ0n) is 33.2. The summed E-state index contributed by atoms with van der Waals surface area (Å²) in [6.07, 6.45) is -5.96. The van der Waals surface area contributed by atoms with E-state index < -0.39 is 44.7 Å². The number of β-amino-alcohol motifs (C(OH)–C–C–N with tert-alkyl or cyclic N) is 2. The zero-order chi connectivity index (χ0) is 44.3. The van der Waals surface area contributed by atoms with Crippen molar-refractivity contribution in [2.45, 2.75) is 62.3 Å². The van der Waals surface area contributed by atoms with Crippen LogP contribution in [0.3, 0.4) is 0 Å². The van der Waals surface area contributed by atoms with Crippen LogP contribution in [0.1, 0.15) is 46.2 Å². The molecule has 2 aliphatic rings. The number of nitrogens with one attached hydrogen (secondary N) is 1. The SMILES string of the molecule is CS(=O)(=O)N1CCC(O)(Cn2nnc(-c3ccccc3Cc3ccc(C(F)(F)F)cc3)n2)C1.OC1(Cn2nnc(-c3ccccc3Cc3ccc(C(F)(F)F)cc3)n2)CCNC1. The largest absolute Gasteiger partial charge is 0.416 e. The Balaban J connectivity index is 0.000000188. The highest BCUT2D eigenvalue weighted by atomic mass is 32.2. The molecule has 8 rings (SSSR count). The van der Waals surface area contributed by atoms with Crippen LogP contribution >= 0.6 is 0 Å². The second-order valence-electron chi connectivity index (χ2n) is 15.6. The number of tetrazole rings is 2. The van der Waals surface area contributed by atoms with Crippen LogP contribution < -0.4 is 5.32 Å². The fraction of sp³-hybridized carbons (Fsp3) is 0.366. The van der Waals surface area contributed by atoms with E-state index in [2.05, 4.69) is 36.1 Å². The molecule has 0 radical (unpaired) electrons. The van der Waals surface area contributed by atoms with Crippen LogP contribution in [0.5, 0.6) is 0 Å². The van der Waals surface area contributed by atoms with Crippen LogP contribution in [-0.2, 0) is 48.3 Å². The predicted molar refractivity (Wildman–Crippen MR) is 213 cm³/mol. The second-order valence-corrected chi connectivity index (χ2v) is 17.5. The number of sulfonamides is 1. The second kappa shape index (κ2) is 17.6. The Kier molecular flexibility index (Phi) is 12.6. The van der Waals surface area contributed by atoms with Crippen molar-refractivity contribution in [2.24, 2.45) is 0 Å². The third-order valence-electron chi connectivity index (χ3n) is 10.6. The number of rotatable bonds is 11. The molecule has 0 aliphatic carbocycles. The van der Waals surface area contributed by atoms with E-state index in [1.165, 1.54) is 38.2 Å². The highest BCUT2D eigenvalue weighted by Gasteiger charge is 2.41. The van der Waals surface area contributed by atoms with Gasteiger partial charge in [0.15, 0.2) is 0 Å². The van der Waals surface area contributed by atoms with Crippen LogP contribution in [0.25, 0.3) is 22.8 Å². The number of aliphatic hydroxyl groups is 2. The molecule has 4 aromatic carbocycles. The molecule has 2 fully saturated rings. The number of nitrogens with zero attached hydrogens (tertiary/aromatic N) is 9. The van der Waals surface area contributed by atoms with Crippen molar-refractivity contribution in [3.63, 3.8) is 0 Å². The third kappa shape index (κ3) is 11.1. The molecular weight excluding hydrogens is 843 g/mol. The molecule has 14 nitrogen and oxygen atoms in total. The van der Waals surface area contributed by atoms with Crippen molar-refractivity contribution in [3.8, 4) is 22.8 Å². The number of alkyl halides is 6. The van der Waals surface area contributed by atoms with E-state index in [0.717, 1.165) is 59.3 Å². The summed E-state index contributed by atoms with van der Waals surface area (Å²) < 4.78 is 101. The first-order valence-electron chi connectivity index (χ1n) is 19.4. The summed E-state index contributed by atoms with van der Waals surface area (Å²) >= 11 is 0. The Morgan fingerprint density at radius 1 is 0.661 bits per heavy atom. The molecule has 4 heterocycles. The van der Waals surface area contributed by atoms with Crippen molar-refractivity contribution < 1.29 is 45.0 Å². The van der Waals surface area contributed by atoms with Crippen LogP contribution in [-0.4, -0.2) is 107 Å². The molecule has 21 heteroatoms. The first kappa shape index (κ1) is 44.4. The molecule has 3 N–H and O–H groups in total. The van der Waals surface area contributed by atoms with Gasteiger partial charge in [0.2, 0.25) is 21.7 Å². The lowest BCUT2D eigenvalue weighted by Gasteiger charge is -2.21. The molecule has 0 saturated carbocycles. The summed E-state index contributed by atoms with van der Waals surface area (Å²) in [5.41, 5.74) is 0.996. The number of benzene rings is 4. The summed E-state index contributed by atoms with van der Waals surface area (Å²) in [6.45, 7) is 1.61. The molecule has 0 bridgehead atoms. The van der Waals surface area contributed by atoms with E-state index in [1.807, 2.05) is 36.4 Å². The van der Waals surface area contributed by atoms with Crippen molar-refractivity contribution in [1.29, 1.82) is 0 Å². The van der Waals surface area contributed by atoms with Crippen LogP contribution in [0.2, 0.25) is 0 Å². The molecule has 0 spiro atoms. The van der Waals surface area contributed by atoms with Gasteiger partial charge in [-0.05, 0) is 89.2 Å². The lowest BCUT2D eigenvalue weighted by atomic mass is 9.98. The maximum Gasteiger partial charge on any atom is 0.416 e. The Bertz CT molecular complexity index is 2580. The van der Waals surface area contributed by atoms with E-state index >= 15 is 0 Å². The maximum atomic E-state index is 12.8. The smallest absolute Gasteiger partial charge is 0.386 e. The van der Waals surface area contributed by atoms with Crippen molar-refractivity contribution >= 4 is 10.0 Å². The molecule has 2 atom stereocenters. The Labute approximate surface area is 352 Å². The monoisotopic (exact) mass is 884 g/mol. The Hall–Kier alpha value is -5.61. The summed E-state index contributed by atoms with van der Waals surface area (Å²) in [5.74, 6) is 0.723. The molecule has 2 aliphatic heterocycles. The molecule has 2 saturated heterocycles. The highest BCUT2D eigenvalue weighted by molar-refractivity contribution is 7.88. The minimum absolute atomic E-state index is 0.0207. The van der Waals surface area contributed by atoms with Gasteiger partial charge in [0, 0.05) is 30.8 Å². The van der Waals surface area contributed by atoms with Gasteiger partial charge < -0.3 is 15.5 Å².